The summed E-state index contributed by atoms with van der Waals surface area (Å²) in [6.45, 7) is 7.73. The fraction of sp³-hybridized carbons (Fsp3) is 1.00. The van der Waals surface area contributed by atoms with Gasteiger partial charge in [-0.2, -0.15) is 0 Å². The lowest BCUT2D eigenvalue weighted by Gasteiger charge is -2.51. The first-order chi connectivity index (χ1) is 8.63. The van der Waals surface area contributed by atoms with Gasteiger partial charge in [-0.3, -0.25) is 0 Å². The lowest BCUT2D eigenvalue weighted by molar-refractivity contribution is -0.0139. The van der Waals surface area contributed by atoms with Gasteiger partial charge in [0.2, 0.25) is 0 Å². The molecule has 0 spiro atoms. The Morgan fingerprint density at radius 2 is 1.56 bits per heavy atom. The Hall–Kier alpha value is 0. The third kappa shape index (κ3) is 1.95. The first kappa shape index (κ1) is 13.0. The molecule has 0 radical (unpaired) electrons. The summed E-state index contributed by atoms with van der Waals surface area (Å²) in [5.74, 6) is 5.24. The van der Waals surface area contributed by atoms with Crippen LogP contribution in [0.15, 0.2) is 0 Å². The summed E-state index contributed by atoms with van der Waals surface area (Å²) in [4.78, 5) is 0. The van der Waals surface area contributed by atoms with Crippen LogP contribution in [-0.4, -0.2) is 0 Å². The summed E-state index contributed by atoms with van der Waals surface area (Å²) in [6.07, 6.45) is 13.7. The zero-order chi connectivity index (χ0) is 12.8. The molecule has 0 heterocycles. The van der Waals surface area contributed by atoms with E-state index in [1.165, 1.54) is 38.5 Å². The Bertz CT molecular complexity index is 294. The Morgan fingerprint density at radius 3 is 2.39 bits per heavy atom. The third-order valence-electron chi connectivity index (χ3n) is 7.39. The van der Waals surface area contributed by atoms with Crippen LogP contribution in [0.2, 0.25) is 0 Å². The molecule has 104 valence electrons. The van der Waals surface area contributed by atoms with Gasteiger partial charge in [0.15, 0.2) is 0 Å². The van der Waals surface area contributed by atoms with Crippen molar-refractivity contribution >= 4 is 0 Å². The van der Waals surface area contributed by atoms with Gasteiger partial charge < -0.3 is 0 Å². The van der Waals surface area contributed by atoms with Crippen LogP contribution in [0, 0.1) is 35.0 Å². The van der Waals surface area contributed by atoms with Crippen molar-refractivity contribution < 1.29 is 0 Å². The molecule has 0 heteroatoms. The number of fused-ring (bicyclic) bond motifs is 3. The molecular formula is C18H32. The molecule has 0 N–H and O–H groups in total. The molecule has 0 saturated heterocycles. The molecule has 0 aliphatic heterocycles. The zero-order valence-corrected chi connectivity index (χ0v) is 12.8. The number of rotatable bonds is 0. The molecule has 0 aromatic rings. The maximum atomic E-state index is 2.63. The van der Waals surface area contributed by atoms with Crippen LogP contribution >= 0.6 is 0 Å². The van der Waals surface area contributed by atoms with E-state index in [0.717, 1.165) is 29.6 Å². The summed E-state index contributed by atoms with van der Waals surface area (Å²) < 4.78 is 0. The molecule has 3 aliphatic carbocycles. The Kier molecular flexibility index (Phi) is 3.49. The number of hydrogen-bond acceptors (Lipinski definition) is 0. The highest BCUT2D eigenvalue weighted by Crippen LogP contribution is 2.61. The summed E-state index contributed by atoms with van der Waals surface area (Å²) >= 11 is 0. The molecule has 6 atom stereocenters. The quantitative estimate of drug-likeness (QED) is 0.518. The predicted molar refractivity (Wildman–Crippen MR) is 78.5 cm³/mol. The molecular weight excluding hydrogens is 216 g/mol. The van der Waals surface area contributed by atoms with E-state index in [2.05, 4.69) is 20.8 Å². The van der Waals surface area contributed by atoms with E-state index in [0.29, 0.717) is 5.41 Å². The summed E-state index contributed by atoms with van der Waals surface area (Å²) in [5.41, 5.74) is 0.708. The van der Waals surface area contributed by atoms with Crippen molar-refractivity contribution in [1.29, 1.82) is 0 Å². The SMILES string of the molecule is CC1CCCCCC2C1CCC1(C)C(C)CCC21. The minimum Gasteiger partial charge on any atom is -0.0622 e. The Balaban J connectivity index is 1.83. The Labute approximate surface area is 114 Å². The van der Waals surface area contributed by atoms with Gasteiger partial charge in [-0.25, -0.2) is 0 Å². The molecule has 0 bridgehead atoms. The van der Waals surface area contributed by atoms with Gasteiger partial charge in [-0.05, 0) is 67.1 Å². The lowest BCUT2D eigenvalue weighted by atomic mass is 9.54. The smallest absolute Gasteiger partial charge is 0.0269 e. The van der Waals surface area contributed by atoms with Crippen LogP contribution in [0.5, 0.6) is 0 Å². The lowest BCUT2D eigenvalue weighted by Crippen LogP contribution is -2.43. The average molecular weight is 248 g/mol. The van der Waals surface area contributed by atoms with Crippen molar-refractivity contribution in [2.75, 3.05) is 0 Å². The molecule has 0 nitrogen and oxygen atoms in total. The molecule has 3 saturated carbocycles. The van der Waals surface area contributed by atoms with E-state index < -0.39 is 0 Å². The van der Waals surface area contributed by atoms with Crippen molar-refractivity contribution in [3.8, 4) is 0 Å². The molecule has 18 heavy (non-hydrogen) atoms. The highest BCUT2D eigenvalue weighted by molar-refractivity contribution is 5.02. The average Bonchev–Trinajstić information content (AvgIpc) is 2.63. The summed E-state index contributed by atoms with van der Waals surface area (Å²) in [5, 5.41) is 0. The third-order valence-corrected chi connectivity index (χ3v) is 7.39. The van der Waals surface area contributed by atoms with Gasteiger partial charge in [0.25, 0.3) is 0 Å². The standard InChI is InChI=1S/C18H32/c1-13-7-5-4-6-8-16-15(13)11-12-18(3)14(2)9-10-17(16)18/h13-17H,4-12H2,1-3H3. The van der Waals surface area contributed by atoms with Crippen LogP contribution in [0.25, 0.3) is 0 Å². The van der Waals surface area contributed by atoms with Crippen molar-refractivity contribution in [3.05, 3.63) is 0 Å². The summed E-state index contributed by atoms with van der Waals surface area (Å²) in [7, 11) is 0. The van der Waals surface area contributed by atoms with Crippen LogP contribution < -0.4 is 0 Å². The van der Waals surface area contributed by atoms with E-state index in [1.807, 2.05) is 0 Å². The molecule has 0 aromatic heterocycles. The van der Waals surface area contributed by atoms with E-state index in [9.17, 15) is 0 Å². The van der Waals surface area contributed by atoms with Gasteiger partial charge in [0.1, 0.15) is 0 Å². The van der Waals surface area contributed by atoms with E-state index in [-0.39, 0.29) is 0 Å². The van der Waals surface area contributed by atoms with E-state index >= 15 is 0 Å². The van der Waals surface area contributed by atoms with Gasteiger partial charge in [0.05, 0.1) is 0 Å². The molecule has 6 unspecified atom stereocenters. The normalized spacial score (nSPS) is 53.2. The van der Waals surface area contributed by atoms with Crippen molar-refractivity contribution in [2.45, 2.75) is 78.6 Å². The first-order valence-corrected chi connectivity index (χ1v) is 8.63. The molecule has 0 amide bonds. The summed E-state index contributed by atoms with van der Waals surface area (Å²) in [6, 6.07) is 0. The second kappa shape index (κ2) is 4.84. The first-order valence-electron chi connectivity index (χ1n) is 8.63. The Morgan fingerprint density at radius 1 is 0.778 bits per heavy atom. The van der Waals surface area contributed by atoms with Gasteiger partial charge in [-0.1, -0.05) is 46.5 Å². The minimum absolute atomic E-state index is 0.708. The fourth-order valence-electron chi connectivity index (χ4n) is 5.94. The minimum atomic E-state index is 0.708. The van der Waals surface area contributed by atoms with Crippen molar-refractivity contribution in [1.82, 2.24) is 0 Å². The predicted octanol–water partition coefficient (Wildman–Crippen LogP) is 5.67. The second-order valence-electron chi connectivity index (χ2n) is 8.07. The maximum absolute atomic E-state index is 2.63. The van der Waals surface area contributed by atoms with Crippen LogP contribution in [0.3, 0.4) is 0 Å². The van der Waals surface area contributed by atoms with Crippen molar-refractivity contribution in [2.24, 2.45) is 35.0 Å². The van der Waals surface area contributed by atoms with Crippen LogP contribution in [0.1, 0.15) is 78.6 Å². The second-order valence-corrected chi connectivity index (χ2v) is 8.07. The van der Waals surface area contributed by atoms with E-state index in [4.69, 9.17) is 0 Å². The fourth-order valence-corrected chi connectivity index (χ4v) is 5.94. The monoisotopic (exact) mass is 248 g/mol. The topological polar surface area (TPSA) is 0 Å². The molecule has 3 aliphatic rings. The molecule has 3 rings (SSSR count). The maximum Gasteiger partial charge on any atom is -0.0269 e. The molecule has 3 fully saturated rings. The number of hydrogen-bond donors (Lipinski definition) is 0. The van der Waals surface area contributed by atoms with Crippen molar-refractivity contribution in [3.63, 3.8) is 0 Å². The highest BCUT2D eigenvalue weighted by Gasteiger charge is 2.52. The highest BCUT2D eigenvalue weighted by atomic mass is 14.6. The van der Waals surface area contributed by atoms with Crippen LogP contribution in [-0.2, 0) is 0 Å². The zero-order valence-electron chi connectivity index (χ0n) is 12.8. The van der Waals surface area contributed by atoms with Gasteiger partial charge in [-0.15, -0.1) is 0 Å². The van der Waals surface area contributed by atoms with Gasteiger partial charge >= 0.3 is 0 Å². The largest absolute Gasteiger partial charge is 0.0622 e. The van der Waals surface area contributed by atoms with Gasteiger partial charge in [0, 0.05) is 0 Å². The van der Waals surface area contributed by atoms with Crippen LogP contribution in [0.4, 0.5) is 0 Å². The van der Waals surface area contributed by atoms with E-state index in [1.54, 1.807) is 19.3 Å². The molecule has 0 aromatic carbocycles.